The van der Waals surface area contributed by atoms with Crippen LogP contribution in [0, 0.1) is 5.92 Å². The van der Waals surface area contributed by atoms with Gasteiger partial charge in [0.1, 0.15) is 5.69 Å². The number of fused-ring (bicyclic) bond motifs is 4. The van der Waals surface area contributed by atoms with Crippen LogP contribution in [0.5, 0.6) is 0 Å². The Morgan fingerprint density at radius 2 is 2.20 bits per heavy atom. The quantitative estimate of drug-likeness (QED) is 0.891. The minimum absolute atomic E-state index is 0.0487. The number of carbonyl (C=O) groups excluding carboxylic acids is 1. The molecule has 2 aromatic heterocycles. The molecule has 3 aliphatic heterocycles. The fraction of sp³-hybridized carbons (Fsp3) is 0.467. The van der Waals surface area contributed by atoms with E-state index in [9.17, 15) is 4.79 Å². The van der Waals surface area contributed by atoms with Crippen LogP contribution in [0.25, 0.3) is 5.52 Å². The number of piperidine rings is 3. The van der Waals surface area contributed by atoms with Crippen molar-refractivity contribution in [3.63, 3.8) is 0 Å². The molecule has 3 aliphatic rings. The number of aromatic nitrogens is 2. The van der Waals surface area contributed by atoms with Gasteiger partial charge < -0.3 is 14.6 Å². The highest BCUT2D eigenvalue weighted by molar-refractivity contribution is 5.93. The fourth-order valence-electron chi connectivity index (χ4n) is 3.43. The third kappa shape index (κ3) is 1.98. The first kappa shape index (κ1) is 11.9. The predicted molar refractivity (Wildman–Crippen MR) is 75.6 cm³/mol. The topological polar surface area (TPSA) is 49.6 Å². The molecule has 2 aromatic rings. The molecule has 20 heavy (non-hydrogen) atoms. The molecule has 1 N–H and O–H groups in total. The summed E-state index contributed by atoms with van der Waals surface area (Å²) in [6.07, 6.45) is 6.03. The van der Waals surface area contributed by atoms with Crippen molar-refractivity contribution < 1.29 is 4.79 Å². The Balaban J connectivity index is 1.52. The van der Waals surface area contributed by atoms with Gasteiger partial charge in [0.25, 0.3) is 5.91 Å². The second-order valence-corrected chi connectivity index (χ2v) is 5.83. The Morgan fingerprint density at radius 1 is 1.35 bits per heavy atom. The summed E-state index contributed by atoms with van der Waals surface area (Å²) in [7, 11) is 0. The Labute approximate surface area is 117 Å². The molecule has 2 bridgehead atoms. The summed E-state index contributed by atoms with van der Waals surface area (Å²) in [6.45, 7) is 3.36. The summed E-state index contributed by atoms with van der Waals surface area (Å²) in [4.78, 5) is 19.0. The molecule has 104 valence electrons. The first-order chi connectivity index (χ1) is 9.79. The third-order valence-electron chi connectivity index (χ3n) is 4.62. The zero-order chi connectivity index (χ0) is 13.5. The summed E-state index contributed by atoms with van der Waals surface area (Å²) in [5, 5.41) is 3.17. The van der Waals surface area contributed by atoms with E-state index in [1.54, 1.807) is 6.33 Å². The van der Waals surface area contributed by atoms with Crippen LogP contribution in [0.1, 0.15) is 23.3 Å². The second-order valence-electron chi connectivity index (χ2n) is 5.83. The molecule has 5 heteroatoms. The number of carbonyl (C=O) groups is 1. The van der Waals surface area contributed by atoms with E-state index in [1.807, 2.05) is 28.8 Å². The normalized spacial score (nSPS) is 28.7. The van der Waals surface area contributed by atoms with Crippen LogP contribution >= 0.6 is 0 Å². The molecule has 1 amide bonds. The average Bonchev–Trinajstić information content (AvgIpc) is 2.96. The lowest BCUT2D eigenvalue weighted by Crippen LogP contribution is -2.57. The fourth-order valence-corrected chi connectivity index (χ4v) is 3.43. The predicted octanol–water partition coefficient (Wildman–Crippen LogP) is 1.16. The van der Waals surface area contributed by atoms with Gasteiger partial charge in [0.15, 0.2) is 0 Å². The number of hydrogen-bond donors (Lipinski definition) is 1. The molecule has 3 fully saturated rings. The number of hydrogen-bond acceptors (Lipinski definition) is 3. The van der Waals surface area contributed by atoms with Crippen LogP contribution < -0.4 is 5.32 Å². The Kier molecular flexibility index (Phi) is 2.73. The summed E-state index contributed by atoms with van der Waals surface area (Å²) < 4.78 is 1.91. The number of nitrogens with one attached hydrogen (secondary N) is 1. The largest absolute Gasteiger partial charge is 0.346 e. The number of rotatable bonds is 2. The van der Waals surface area contributed by atoms with E-state index in [0.717, 1.165) is 12.1 Å². The van der Waals surface area contributed by atoms with Crippen molar-refractivity contribution >= 4 is 11.4 Å². The van der Waals surface area contributed by atoms with E-state index >= 15 is 0 Å². The van der Waals surface area contributed by atoms with Gasteiger partial charge in [-0.25, -0.2) is 4.98 Å². The van der Waals surface area contributed by atoms with Gasteiger partial charge in [0, 0.05) is 24.3 Å². The highest BCUT2D eigenvalue weighted by atomic mass is 16.2. The lowest BCUT2D eigenvalue weighted by Gasteiger charge is -2.44. The van der Waals surface area contributed by atoms with Crippen molar-refractivity contribution in [2.45, 2.75) is 18.9 Å². The minimum Gasteiger partial charge on any atom is -0.346 e. The zero-order valence-electron chi connectivity index (χ0n) is 11.3. The SMILES string of the molecule is O=C(NC1CN2CCC1CC2)c1cc2cccn2cn1. The van der Waals surface area contributed by atoms with Crippen molar-refractivity contribution in [2.75, 3.05) is 19.6 Å². The molecular formula is C15H18N4O. The van der Waals surface area contributed by atoms with Gasteiger partial charge in [-0.15, -0.1) is 0 Å². The van der Waals surface area contributed by atoms with E-state index < -0.39 is 0 Å². The van der Waals surface area contributed by atoms with Crippen molar-refractivity contribution in [3.05, 3.63) is 36.4 Å². The highest BCUT2D eigenvalue weighted by Gasteiger charge is 2.35. The maximum atomic E-state index is 12.4. The molecule has 5 heterocycles. The lowest BCUT2D eigenvalue weighted by molar-refractivity contribution is 0.0617. The molecule has 5 rings (SSSR count). The van der Waals surface area contributed by atoms with E-state index in [4.69, 9.17) is 0 Å². The molecular weight excluding hydrogens is 252 g/mol. The standard InChI is InChI=1S/C15H18N4O/c20-15(13-8-12-2-1-5-19(12)10-16-13)17-14-9-18-6-3-11(14)4-7-18/h1-2,5,8,10-11,14H,3-4,6-7,9H2,(H,17,20). The van der Waals surface area contributed by atoms with E-state index in [0.29, 0.717) is 11.6 Å². The van der Waals surface area contributed by atoms with Crippen LogP contribution in [0.15, 0.2) is 30.7 Å². The summed E-state index contributed by atoms with van der Waals surface area (Å²) in [5.74, 6) is 0.591. The average molecular weight is 270 g/mol. The zero-order valence-corrected chi connectivity index (χ0v) is 11.3. The summed E-state index contributed by atoms with van der Waals surface area (Å²) in [5.41, 5.74) is 1.51. The minimum atomic E-state index is -0.0487. The van der Waals surface area contributed by atoms with E-state index in [1.165, 1.54) is 25.9 Å². The molecule has 0 radical (unpaired) electrons. The third-order valence-corrected chi connectivity index (χ3v) is 4.62. The molecule has 1 unspecified atom stereocenters. The van der Waals surface area contributed by atoms with Crippen molar-refractivity contribution in [2.24, 2.45) is 5.92 Å². The number of amides is 1. The van der Waals surface area contributed by atoms with Crippen LogP contribution in [0.4, 0.5) is 0 Å². The molecule has 0 aliphatic carbocycles. The molecule has 1 atom stereocenters. The first-order valence-electron chi connectivity index (χ1n) is 7.25. The van der Waals surface area contributed by atoms with Crippen molar-refractivity contribution in [1.82, 2.24) is 19.6 Å². The second kappa shape index (κ2) is 4.59. The molecule has 0 saturated carbocycles. The summed E-state index contributed by atoms with van der Waals surface area (Å²) >= 11 is 0. The van der Waals surface area contributed by atoms with Crippen LogP contribution in [-0.4, -0.2) is 45.9 Å². The molecule has 0 aromatic carbocycles. The van der Waals surface area contributed by atoms with Crippen molar-refractivity contribution in [1.29, 1.82) is 0 Å². The van der Waals surface area contributed by atoms with Crippen molar-refractivity contribution in [3.8, 4) is 0 Å². The maximum Gasteiger partial charge on any atom is 0.270 e. The molecule has 0 spiro atoms. The monoisotopic (exact) mass is 270 g/mol. The van der Waals surface area contributed by atoms with Gasteiger partial charge in [-0.1, -0.05) is 0 Å². The van der Waals surface area contributed by atoms with Gasteiger partial charge in [-0.2, -0.15) is 0 Å². The van der Waals surface area contributed by atoms with Gasteiger partial charge in [-0.3, -0.25) is 4.79 Å². The van der Waals surface area contributed by atoms with Gasteiger partial charge in [-0.05, 0) is 50.0 Å². The molecule has 5 nitrogen and oxygen atoms in total. The van der Waals surface area contributed by atoms with Crippen LogP contribution in [0.3, 0.4) is 0 Å². The number of nitrogens with zero attached hydrogens (tertiary/aromatic N) is 3. The lowest BCUT2D eigenvalue weighted by atomic mass is 9.84. The van der Waals surface area contributed by atoms with Crippen LogP contribution in [-0.2, 0) is 0 Å². The highest BCUT2D eigenvalue weighted by Crippen LogP contribution is 2.27. The van der Waals surface area contributed by atoms with Gasteiger partial charge in [0.2, 0.25) is 0 Å². The van der Waals surface area contributed by atoms with Gasteiger partial charge in [0.05, 0.1) is 6.33 Å². The van der Waals surface area contributed by atoms with E-state index in [2.05, 4.69) is 15.2 Å². The Hall–Kier alpha value is -1.88. The van der Waals surface area contributed by atoms with E-state index in [-0.39, 0.29) is 11.9 Å². The first-order valence-corrected chi connectivity index (χ1v) is 7.25. The Bertz CT molecular complexity index is 642. The van der Waals surface area contributed by atoms with Gasteiger partial charge >= 0.3 is 0 Å². The smallest absolute Gasteiger partial charge is 0.270 e. The molecule has 3 saturated heterocycles. The Morgan fingerprint density at radius 3 is 2.95 bits per heavy atom. The maximum absolute atomic E-state index is 12.4. The van der Waals surface area contributed by atoms with Crippen LogP contribution in [0.2, 0.25) is 0 Å². The summed E-state index contributed by atoms with van der Waals surface area (Å²) in [6, 6.07) is 6.06.